The topological polar surface area (TPSA) is 82.0 Å². The van der Waals surface area contributed by atoms with Gasteiger partial charge < -0.3 is 5.32 Å². The van der Waals surface area contributed by atoms with Crippen LogP contribution >= 0.6 is 11.6 Å². The molecule has 1 atom stereocenters. The third-order valence-electron chi connectivity index (χ3n) is 3.60. The Kier molecular flexibility index (Phi) is 5.59. The van der Waals surface area contributed by atoms with Crippen molar-refractivity contribution in [2.75, 3.05) is 19.6 Å². The fourth-order valence-electron chi connectivity index (χ4n) is 2.46. The molecule has 0 aliphatic carbocycles. The molecule has 114 valence electrons. The smallest absolute Gasteiger partial charge is 0.241 e. The van der Waals surface area contributed by atoms with Crippen molar-refractivity contribution in [1.29, 1.82) is 5.26 Å². The van der Waals surface area contributed by atoms with Gasteiger partial charge in [0.15, 0.2) is 0 Å². The Bertz CT molecular complexity index is 634. The third-order valence-corrected chi connectivity index (χ3v) is 5.33. The third kappa shape index (κ3) is 4.42. The van der Waals surface area contributed by atoms with E-state index >= 15 is 0 Å². The van der Waals surface area contributed by atoms with Gasteiger partial charge in [-0.25, -0.2) is 13.1 Å². The molecule has 1 saturated heterocycles. The van der Waals surface area contributed by atoms with Gasteiger partial charge in [0.1, 0.15) is 11.0 Å². The van der Waals surface area contributed by atoms with E-state index in [2.05, 4.69) is 10.0 Å². The Morgan fingerprint density at radius 2 is 2.29 bits per heavy atom. The molecule has 1 fully saturated rings. The first-order chi connectivity index (χ1) is 10.0. The highest BCUT2D eigenvalue weighted by molar-refractivity contribution is 7.89. The van der Waals surface area contributed by atoms with E-state index < -0.39 is 10.0 Å². The van der Waals surface area contributed by atoms with Gasteiger partial charge in [0, 0.05) is 11.6 Å². The number of hydrogen-bond donors (Lipinski definition) is 2. The maximum Gasteiger partial charge on any atom is 0.241 e. The Morgan fingerprint density at radius 3 is 2.95 bits per heavy atom. The average Bonchev–Trinajstić information content (AvgIpc) is 2.48. The number of sulfonamides is 1. The summed E-state index contributed by atoms with van der Waals surface area (Å²) in [5, 5.41) is 12.6. The lowest BCUT2D eigenvalue weighted by atomic mass is 9.96. The number of benzene rings is 1. The zero-order chi connectivity index (χ0) is 15.3. The van der Waals surface area contributed by atoms with Crippen molar-refractivity contribution >= 4 is 21.6 Å². The number of halogens is 1. The minimum Gasteiger partial charge on any atom is -0.316 e. The monoisotopic (exact) mass is 327 g/mol. The molecule has 1 aromatic rings. The van der Waals surface area contributed by atoms with Crippen LogP contribution in [-0.2, 0) is 10.0 Å². The van der Waals surface area contributed by atoms with E-state index in [4.69, 9.17) is 16.9 Å². The van der Waals surface area contributed by atoms with Crippen LogP contribution in [0.1, 0.15) is 24.8 Å². The molecule has 0 spiro atoms. The Hall–Kier alpha value is -1.13. The van der Waals surface area contributed by atoms with E-state index in [1.54, 1.807) is 0 Å². The molecule has 0 amide bonds. The van der Waals surface area contributed by atoms with E-state index in [1.165, 1.54) is 18.2 Å². The molecule has 0 saturated carbocycles. The summed E-state index contributed by atoms with van der Waals surface area (Å²) >= 11 is 5.83. The highest BCUT2D eigenvalue weighted by Crippen LogP contribution is 2.20. The predicted molar refractivity (Wildman–Crippen MR) is 81.6 cm³/mol. The summed E-state index contributed by atoms with van der Waals surface area (Å²) in [5.74, 6) is 0.497. The second-order valence-corrected chi connectivity index (χ2v) is 7.32. The minimum atomic E-state index is -3.70. The fraction of sp³-hybridized carbons (Fsp3) is 0.500. The van der Waals surface area contributed by atoms with Crippen LogP contribution in [0.4, 0.5) is 0 Å². The van der Waals surface area contributed by atoms with Crippen LogP contribution in [0.2, 0.25) is 5.02 Å². The molecule has 0 aromatic heterocycles. The largest absolute Gasteiger partial charge is 0.316 e. The highest BCUT2D eigenvalue weighted by atomic mass is 35.5. The zero-order valence-corrected chi connectivity index (χ0v) is 13.2. The summed E-state index contributed by atoms with van der Waals surface area (Å²) in [6, 6.07) is 6.12. The first-order valence-corrected chi connectivity index (χ1v) is 8.79. The highest BCUT2D eigenvalue weighted by Gasteiger charge is 2.20. The molecule has 2 rings (SSSR count). The Balaban J connectivity index is 2.01. The maximum absolute atomic E-state index is 12.3. The molecule has 5 nitrogen and oxygen atoms in total. The van der Waals surface area contributed by atoms with Crippen LogP contribution in [0.15, 0.2) is 23.1 Å². The molecule has 1 unspecified atom stereocenters. The fourth-order valence-corrected chi connectivity index (χ4v) is 3.92. The maximum atomic E-state index is 12.3. The van der Waals surface area contributed by atoms with Crippen LogP contribution in [0.5, 0.6) is 0 Å². The molecule has 0 radical (unpaired) electrons. The van der Waals surface area contributed by atoms with Crippen molar-refractivity contribution in [3.8, 4) is 6.07 Å². The van der Waals surface area contributed by atoms with Gasteiger partial charge in [0.2, 0.25) is 10.0 Å². The lowest BCUT2D eigenvalue weighted by molar-refractivity contribution is 0.358. The van der Waals surface area contributed by atoms with Crippen molar-refractivity contribution in [1.82, 2.24) is 10.0 Å². The first kappa shape index (κ1) is 16.2. The molecule has 21 heavy (non-hydrogen) atoms. The Morgan fingerprint density at radius 1 is 1.48 bits per heavy atom. The van der Waals surface area contributed by atoms with Crippen LogP contribution in [0.25, 0.3) is 0 Å². The van der Waals surface area contributed by atoms with E-state index in [1.807, 2.05) is 6.07 Å². The summed E-state index contributed by atoms with van der Waals surface area (Å²) in [6.45, 7) is 2.34. The van der Waals surface area contributed by atoms with Crippen molar-refractivity contribution < 1.29 is 8.42 Å². The van der Waals surface area contributed by atoms with E-state index in [0.717, 1.165) is 32.4 Å². The van der Waals surface area contributed by atoms with Crippen LogP contribution in [0, 0.1) is 17.2 Å². The second kappa shape index (κ2) is 7.23. The molecule has 1 aliphatic heterocycles. The van der Waals surface area contributed by atoms with Gasteiger partial charge in [-0.2, -0.15) is 5.26 Å². The van der Waals surface area contributed by atoms with Crippen molar-refractivity contribution in [2.45, 2.75) is 24.2 Å². The van der Waals surface area contributed by atoms with Crippen molar-refractivity contribution in [3.63, 3.8) is 0 Å². The predicted octanol–water partition coefficient (Wildman–Crippen LogP) is 1.88. The van der Waals surface area contributed by atoms with E-state index in [0.29, 0.717) is 17.5 Å². The van der Waals surface area contributed by atoms with Gasteiger partial charge in [0.05, 0.1) is 5.56 Å². The molecule has 2 N–H and O–H groups in total. The number of nitrogens with zero attached hydrogens (tertiary/aromatic N) is 1. The Labute approximate surface area is 130 Å². The van der Waals surface area contributed by atoms with Gasteiger partial charge >= 0.3 is 0 Å². The lowest BCUT2D eigenvalue weighted by Crippen LogP contribution is -2.33. The molecule has 1 aromatic carbocycles. The normalized spacial score (nSPS) is 19.1. The second-order valence-electron chi connectivity index (χ2n) is 5.15. The molecular weight excluding hydrogens is 310 g/mol. The molecule has 0 bridgehead atoms. The van der Waals surface area contributed by atoms with Gasteiger partial charge in [-0.1, -0.05) is 11.6 Å². The van der Waals surface area contributed by atoms with Gasteiger partial charge in [0.25, 0.3) is 0 Å². The average molecular weight is 328 g/mol. The number of rotatable bonds is 5. The number of nitriles is 1. The van der Waals surface area contributed by atoms with Crippen LogP contribution in [0.3, 0.4) is 0 Å². The first-order valence-electron chi connectivity index (χ1n) is 6.93. The summed E-state index contributed by atoms with van der Waals surface area (Å²) in [5.41, 5.74) is 0.103. The summed E-state index contributed by atoms with van der Waals surface area (Å²) in [6.07, 6.45) is 3.04. The van der Waals surface area contributed by atoms with Crippen molar-refractivity contribution in [2.24, 2.45) is 5.92 Å². The van der Waals surface area contributed by atoms with E-state index in [-0.39, 0.29) is 10.5 Å². The van der Waals surface area contributed by atoms with Crippen LogP contribution < -0.4 is 10.0 Å². The number of hydrogen-bond acceptors (Lipinski definition) is 4. The van der Waals surface area contributed by atoms with Gasteiger partial charge in [-0.15, -0.1) is 0 Å². The molecular formula is C14H18ClN3O2S. The van der Waals surface area contributed by atoms with Crippen molar-refractivity contribution in [3.05, 3.63) is 28.8 Å². The quantitative estimate of drug-likeness (QED) is 0.865. The molecule has 1 aliphatic rings. The summed E-state index contributed by atoms with van der Waals surface area (Å²) in [7, 11) is -3.70. The van der Waals surface area contributed by atoms with E-state index in [9.17, 15) is 8.42 Å². The van der Waals surface area contributed by atoms with Crippen LogP contribution in [-0.4, -0.2) is 28.1 Å². The summed E-state index contributed by atoms with van der Waals surface area (Å²) in [4.78, 5) is -0.0562. The standard InChI is InChI=1S/C14H18ClN3O2S/c15-13-4-3-12(9-16)14(8-13)21(19,20)18-7-5-11-2-1-6-17-10-11/h3-4,8,11,17-18H,1-2,5-7,10H2. The molecule has 1 heterocycles. The zero-order valence-electron chi connectivity index (χ0n) is 11.6. The minimum absolute atomic E-state index is 0.0562. The summed E-state index contributed by atoms with van der Waals surface area (Å²) < 4.78 is 27.1. The number of nitrogens with one attached hydrogen (secondary N) is 2. The molecule has 7 heteroatoms. The lowest BCUT2D eigenvalue weighted by Gasteiger charge is -2.22. The number of piperidine rings is 1. The SMILES string of the molecule is N#Cc1ccc(Cl)cc1S(=O)(=O)NCCC1CCCNC1. The van der Waals surface area contributed by atoms with Gasteiger partial charge in [-0.3, -0.25) is 0 Å². The van der Waals surface area contributed by atoms with Gasteiger partial charge in [-0.05, 0) is 56.5 Å².